The molecule has 0 aliphatic heterocycles. The van der Waals surface area contributed by atoms with Gasteiger partial charge in [-0.2, -0.15) is 0 Å². The van der Waals surface area contributed by atoms with Crippen LogP contribution in [0.5, 0.6) is 0 Å². The number of aromatic nitrogens is 2. The Hall–Kier alpha value is -1.89. The standard InChI is InChI=1S/C15H14ClN3O2S/c16-12-3-1-2-11(8-12)6-7-19-22(20,21)13-4-5-14-15(9-13)18-10-17-14/h1-5,8-10,19H,6-7H2,(H,17,18). The van der Waals surface area contributed by atoms with Crippen molar-refractivity contribution in [1.82, 2.24) is 14.7 Å². The SMILES string of the molecule is O=S(=O)(NCCc1cccc(Cl)c1)c1ccc2nc[nH]c2c1. The Morgan fingerprint density at radius 2 is 2.05 bits per heavy atom. The Morgan fingerprint density at radius 3 is 2.86 bits per heavy atom. The third-order valence-electron chi connectivity index (χ3n) is 3.30. The molecule has 0 aliphatic rings. The number of rotatable bonds is 5. The first kappa shape index (κ1) is 15.0. The third-order valence-corrected chi connectivity index (χ3v) is 4.99. The van der Waals surface area contributed by atoms with Crippen molar-refractivity contribution in [2.75, 3.05) is 6.54 Å². The number of halogens is 1. The fraction of sp³-hybridized carbons (Fsp3) is 0.133. The Balaban J connectivity index is 1.70. The van der Waals surface area contributed by atoms with Crippen molar-refractivity contribution >= 4 is 32.7 Å². The van der Waals surface area contributed by atoms with Crippen molar-refractivity contribution in [3.63, 3.8) is 0 Å². The molecule has 1 aromatic heterocycles. The fourth-order valence-electron chi connectivity index (χ4n) is 2.19. The number of nitrogens with zero attached hydrogens (tertiary/aromatic N) is 1. The zero-order valence-corrected chi connectivity index (χ0v) is 13.2. The molecule has 0 radical (unpaired) electrons. The van der Waals surface area contributed by atoms with Gasteiger partial charge in [-0.1, -0.05) is 23.7 Å². The van der Waals surface area contributed by atoms with Crippen LogP contribution in [0.1, 0.15) is 5.56 Å². The number of sulfonamides is 1. The Kier molecular flexibility index (Phi) is 4.15. The molecule has 7 heteroatoms. The Morgan fingerprint density at radius 1 is 1.18 bits per heavy atom. The van der Waals surface area contributed by atoms with Crippen LogP contribution in [0.4, 0.5) is 0 Å². The minimum Gasteiger partial charge on any atom is -0.345 e. The van der Waals surface area contributed by atoms with Crippen LogP contribution < -0.4 is 4.72 Å². The summed E-state index contributed by atoms with van der Waals surface area (Å²) in [5, 5.41) is 0.644. The highest BCUT2D eigenvalue weighted by atomic mass is 35.5. The minimum absolute atomic E-state index is 0.218. The first-order valence-corrected chi connectivity index (χ1v) is 8.58. The molecule has 0 atom stereocenters. The number of nitrogens with one attached hydrogen (secondary N) is 2. The van der Waals surface area contributed by atoms with Crippen LogP contribution in [-0.2, 0) is 16.4 Å². The van der Waals surface area contributed by atoms with Crippen molar-refractivity contribution in [1.29, 1.82) is 0 Å². The summed E-state index contributed by atoms with van der Waals surface area (Å²) in [4.78, 5) is 7.19. The van der Waals surface area contributed by atoms with E-state index in [9.17, 15) is 8.42 Å². The minimum atomic E-state index is -3.54. The summed E-state index contributed by atoms with van der Waals surface area (Å²) < 4.78 is 27.2. The van der Waals surface area contributed by atoms with Crippen LogP contribution in [0.25, 0.3) is 11.0 Å². The highest BCUT2D eigenvalue weighted by Gasteiger charge is 2.14. The van der Waals surface area contributed by atoms with Gasteiger partial charge in [-0.15, -0.1) is 0 Å². The maximum absolute atomic E-state index is 12.3. The molecule has 0 spiro atoms. The van der Waals surface area contributed by atoms with Crippen molar-refractivity contribution in [3.8, 4) is 0 Å². The lowest BCUT2D eigenvalue weighted by molar-refractivity contribution is 0.582. The van der Waals surface area contributed by atoms with Gasteiger partial charge in [0.25, 0.3) is 0 Å². The summed E-state index contributed by atoms with van der Waals surface area (Å²) in [6, 6.07) is 12.2. The average Bonchev–Trinajstić information content (AvgIpc) is 2.94. The number of hydrogen-bond acceptors (Lipinski definition) is 3. The quantitative estimate of drug-likeness (QED) is 0.752. The number of aromatic amines is 1. The van der Waals surface area contributed by atoms with Gasteiger partial charge in [0.1, 0.15) is 0 Å². The Bertz CT molecular complexity index is 906. The summed E-state index contributed by atoms with van der Waals surface area (Å²) in [6.07, 6.45) is 2.11. The van der Waals surface area contributed by atoms with E-state index in [-0.39, 0.29) is 4.90 Å². The number of imidazole rings is 1. The number of H-pyrrole nitrogens is 1. The summed E-state index contributed by atoms with van der Waals surface area (Å²) in [6.45, 7) is 0.309. The van der Waals surface area contributed by atoms with Gasteiger partial charge in [-0.25, -0.2) is 18.1 Å². The smallest absolute Gasteiger partial charge is 0.240 e. The van der Waals surface area contributed by atoms with E-state index >= 15 is 0 Å². The molecule has 0 saturated heterocycles. The molecule has 2 aromatic carbocycles. The lowest BCUT2D eigenvalue weighted by Gasteiger charge is -2.07. The molecule has 114 valence electrons. The van der Waals surface area contributed by atoms with Gasteiger partial charge in [-0.3, -0.25) is 0 Å². The van der Waals surface area contributed by atoms with Crippen molar-refractivity contribution in [3.05, 3.63) is 59.4 Å². The molecule has 3 rings (SSSR count). The topological polar surface area (TPSA) is 74.8 Å². The van der Waals surface area contributed by atoms with E-state index < -0.39 is 10.0 Å². The molecule has 5 nitrogen and oxygen atoms in total. The lowest BCUT2D eigenvalue weighted by Crippen LogP contribution is -2.26. The van der Waals surface area contributed by atoms with Gasteiger partial charge in [0.2, 0.25) is 10.0 Å². The third kappa shape index (κ3) is 3.30. The number of benzene rings is 2. The second kappa shape index (κ2) is 6.08. The molecule has 3 aromatic rings. The monoisotopic (exact) mass is 335 g/mol. The van der Waals surface area contributed by atoms with Crippen LogP contribution in [0.15, 0.2) is 53.7 Å². The van der Waals surface area contributed by atoms with Crippen LogP contribution in [-0.4, -0.2) is 24.9 Å². The lowest BCUT2D eigenvalue weighted by atomic mass is 10.2. The van der Waals surface area contributed by atoms with Crippen LogP contribution in [0, 0.1) is 0 Å². The van der Waals surface area contributed by atoms with Gasteiger partial charge in [0, 0.05) is 11.6 Å². The highest BCUT2D eigenvalue weighted by molar-refractivity contribution is 7.89. The average molecular weight is 336 g/mol. The zero-order chi connectivity index (χ0) is 15.6. The maximum atomic E-state index is 12.3. The molecule has 1 heterocycles. The normalized spacial score (nSPS) is 11.9. The van der Waals surface area contributed by atoms with Crippen molar-refractivity contribution in [2.45, 2.75) is 11.3 Å². The summed E-state index contributed by atoms with van der Waals surface area (Å²) in [5.74, 6) is 0. The van der Waals surface area contributed by atoms with E-state index in [4.69, 9.17) is 11.6 Å². The van der Waals surface area contributed by atoms with Crippen LogP contribution >= 0.6 is 11.6 Å². The predicted octanol–water partition coefficient (Wildman–Crippen LogP) is 2.74. The first-order chi connectivity index (χ1) is 10.5. The van der Waals surface area contributed by atoms with E-state index in [2.05, 4.69) is 14.7 Å². The van der Waals surface area contributed by atoms with Crippen molar-refractivity contribution < 1.29 is 8.42 Å². The molecular weight excluding hydrogens is 322 g/mol. The van der Waals surface area contributed by atoms with E-state index in [0.717, 1.165) is 11.1 Å². The summed E-state index contributed by atoms with van der Waals surface area (Å²) in [7, 11) is -3.54. The summed E-state index contributed by atoms with van der Waals surface area (Å²) in [5.41, 5.74) is 2.41. The van der Waals surface area contributed by atoms with E-state index in [1.165, 1.54) is 6.33 Å². The molecular formula is C15H14ClN3O2S. The van der Waals surface area contributed by atoms with E-state index in [0.29, 0.717) is 23.5 Å². The van der Waals surface area contributed by atoms with Gasteiger partial charge < -0.3 is 4.98 Å². The second-order valence-corrected chi connectivity index (χ2v) is 7.06. The zero-order valence-electron chi connectivity index (χ0n) is 11.6. The van der Waals surface area contributed by atoms with Gasteiger partial charge >= 0.3 is 0 Å². The molecule has 0 amide bonds. The molecule has 0 aliphatic carbocycles. The number of fused-ring (bicyclic) bond motifs is 1. The van der Waals surface area contributed by atoms with Gasteiger partial charge in [0.05, 0.1) is 22.3 Å². The second-order valence-electron chi connectivity index (χ2n) is 4.86. The molecule has 0 unspecified atom stereocenters. The fourth-order valence-corrected chi connectivity index (χ4v) is 3.46. The molecule has 0 fully saturated rings. The molecule has 0 saturated carbocycles. The molecule has 0 bridgehead atoms. The maximum Gasteiger partial charge on any atom is 0.240 e. The van der Waals surface area contributed by atoms with Gasteiger partial charge in [0.15, 0.2) is 0 Å². The van der Waals surface area contributed by atoms with Crippen molar-refractivity contribution in [2.24, 2.45) is 0 Å². The molecule has 22 heavy (non-hydrogen) atoms. The summed E-state index contributed by atoms with van der Waals surface area (Å²) >= 11 is 5.91. The van der Waals surface area contributed by atoms with E-state index in [1.54, 1.807) is 24.3 Å². The largest absolute Gasteiger partial charge is 0.345 e. The highest BCUT2D eigenvalue weighted by Crippen LogP contribution is 2.16. The Labute approximate surface area is 133 Å². The van der Waals surface area contributed by atoms with E-state index in [1.807, 2.05) is 18.2 Å². The molecule has 2 N–H and O–H groups in total. The number of hydrogen-bond donors (Lipinski definition) is 2. The predicted molar refractivity (Wildman–Crippen MR) is 86.4 cm³/mol. The first-order valence-electron chi connectivity index (χ1n) is 6.72. The van der Waals surface area contributed by atoms with Gasteiger partial charge in [-0.05, 0) is 42.3 Å². The van der Waals surface area contributed by atoms with Crippen LogP contribution in [0.2, 0.25) is 5.02 Å². The van der Waals surface area contributed by atoms with Crippen LogP contribution in [0.3, 0.4) is 0 Å².